The van der Waals surface area contributed by atoms with Crippen molar-refractivity contribution in [1.82, 2.24) is 4.98 Å². The number of aromatic nitrogens is 1. The number of hydrogen-bond donors (Lipinski definition) is 1. The quantitative estimate of drug-likeness (QED) is 0.865. The molecule has 0 aliphatic rings. The van der Waals surface area contributed by atoms with Gasteiger partial charge in [-0.2, -0.15) is 4.98 Å². The van der Waals surface area contributed by atoms with Gasteiger partial charge in [-0.05, 0) is 37.1 Å². The van der Waals surface area contributed by atoms with E-state index in [2.05, 4.69) is 10.3 Å². The van der Waals surface area contributed by atoms with Gasteiger partial charge in [0, 0.05) is 12.6 Å². The Morgan fingerprint density at radius 1 is 1.16 bits per heavy atom. The number of nitrogens with zero attached hydrogens (tertiary/aromatic N) is 1. The zero-order chi connectivity index (χ0) is 13.5. The molecule has 100 valence electrons. The highest BCUT2D eigenvalue weighted by Crippen LogP contribution is 2.11. The van der Waals surface area contributed by atoms with Gasteiger partial charge in [0.25, 0.3) is 0 Å². The molecule has 4 heteroatoms. The summed E-state index contributed by atoms with van der Waals surface area (Å²) in [4.78, 5) is 4.31. The van der Waals surface area contributed by atoms with Crippen molar-refractivity contribution in [3.8, 4) is 5.88 Å². The van der Waals surface area contributed by atoms with Gasteiger partial charge in [-0.1, -0.05) is 18.2 Å². The molecule has 0 saturated carbocycles. The summed E-state index contributed by atoms with van der Waals surface area (Å²) in [5.74, 6) is 1.20. The zero-order valence-corrected chi connectivity index (χ0v) is 10.9. The Labute approximate surface area is 112 Å². The minimum Gasteiger partial charge on any atom is -0.478 e. The number of rotatable bonds is 6. The maximum Gasteiger partial charge on any atom is 0.215 e. The minimum atomic E-state index is -0.206. The molecule has 0 bridgehead atoms. The predicted octanol–water partition coefficient (Wildman–Crippen LogP) is 3.27. The van der Waals surface area contributed by atoms with Crippen LogP contribution in [0.25, 0.3) is 0 Å². The molecule has 1 heterocycles. The molecule has 0 atom stereocenters. The van der Waals surface area contributed by atoms with Gasteiger partial charge in [-0.3, -0.25) is 0 Å². The number of hydrogen-bond acceptors (Lipinski definition) is 3. The van der Waals surface area contributed by atoms with Crippen molar-refractivity contribution in [2.24, 2.45) is 0 Å². The molecule has 0 aliphatic heterocycles. The van der Waals surface area contributed by atoms with Crippen LogP contribution in [0.4, 0.5) is 10.2 Å². The fourth-order valence-electron chi connectivity index (χ4n) is 1.73. The summed E-state index contributed by atoms with van der Waals surface area (Å²) >= 11 is 0. The standard InChI is InChI=1S/C15H17FN2O/c1-2-19-15-5-3-4-14(18-15)17-11-10-12-6-8-13(16)9-7-12/h3-9H,2,10-11H2,1H3,(H,17,18). The second kappa shape index (κ2) is 6.73. The lowest BCUT2D eigenvalue weighted by Crippen LogP contribution is -2.07. The minimum absolute atomic E-state index is 0.206. The van der Waals surface area contributed by atoms with Gasteiger partial charge in [-0.15, -0.1) is 0 Å². The van der Waals surface area contributed by atoms with E-state index in [1.54, 1.807) is 12.1 Å². The molecule has 0 unspecified atom stereocenters. The summed E-state index contributed by atoms with van der Waals surface area (Å²) in [6.45, 7) is 3.27. The summed E-state index contributed by atoms with van der Waals surface area (Å²) in [7, 11) is 0. The fourth-order valence-corrected chi connectivity index (χ4v) is 1.73. The van der Waals surface area contributed by atoms with Crippen LogP contribution in [0, 0.1) is 5.82 Å². The highest BCUT2D eigenvalue weighted by atomic mass is 19.1. The van der Waals surface area contributed by atoms with Crippen LogP contribution in [0.5, 0.6) is 5.88 Å². The molecule has 2 aromatic rings. The zero-order valence-electron chi connectivity index (χ0n) is 10.9. The lowest BCUT2D eigenvalue weighted by atomic mass is 10.1. The van der Waals surface area contributed by atoms with Gasteiger partial charge in [0.1, 0.15) is 11.6 Å². The van der Waals surface area contributed by atoms with Crippen LogP contribution >= 0.6 is 0 Å². The molecule has 0 fully saturated rings. The lowest BCUT2D eigenvalue weighted by molar-refractivity contribution is 0.327. The maximum atomic E-state index is 12.8. The van der Waals surface area contributed by atoms with E-state index in [1.807, 2.05) is 25.1 Å². The van der Waals surface area contributed by atoms with E-state index >= 15 is 0 Å². The number of halogens is 1. The highest BCUT2D eigenvalue weighted by molar-refractivity contribution is 5.37. The first-order chi connectivity index (χ1) is 9.28. The topological polar surface area (TPSA) is 34.1 Å². The molecule has 1 aromatic heterocycles. The Kier molecular flexibility index (Phi) is 4.72. The smallest absolute Gasteiger partial charge is 0.215 e. The van der Waals surface area contributed by atoms with Gasteiger partial charge in [-0.25, -0.2) is 4.39 Å². The van der Waals surface area contributed by atoms with Crippen LogP contribution in [0.2, 0.25) is 0 Å². The number of anilines is 1. The highest BCUT2D eigenvalue weighted by Gasteiger charge is 1.98. The second-order valence-corrected chi connectivity index (χ2v) is 4.10. The summed E-state index contributed by atoms with van der Waals surface area (Å²) in [5, 5.41) is 3.22. The second-order valence-electron chi connectivity index (χ2n) is 4.10. The van der Waals surface area contributed by atoms with E-state index in [-0.39, 0.29) is 5.82 Å². The van der Waals surface area contributed by atoms with Crippen LogP contribution in [0.3, 0.4) is 0 Å². The third-order valence-corrected chi connectivity index (χ3v) is 2.65. The molecule has 2 rings (SSSR count). The number of nitrogens with one attached hydrogen (secondary N) is 1. The molecule has 0 radical (unpaired) electrons. The Morgan fingerprint density at radius 2 is 1.95 bits per heavy atom. The molecular weight excluding hydrogens is 243 g/mol. The third kappa shape index (κ3) is 4.25. The molecule has 3 nitrogen and oxygen atoms in total. The molecule has 0 aliphatic carbocycles. The van der Waals surface area contributed by atoms with Gasteiger partial charge in [0.05, 0.1) is 6.61 Å². The van der Waals surface area contributed by atoms with E-state index in [1.165, 1.54) is 12.1 Å². The van der Waals surface area contributed by atoms with Crippen molar-refractivity contribution in [3.63, 3.8) is 0 Å². The molecule has 0 spiro atoms. The van der Waals surface area contributed by atoms with E-state index in [0.29, 0.717) is 12.5 Å². The molecule has 1 N–H and O–H groups in total. The van der Waals surface area contributed by atoms with E-state index in [0.717, 1.165) is 24.3 Å². The Hall–Kier alpha value is -2.10. The van der Waals surface area contributed by atoms with Gasteiger partial charge < -0.3 is 10.1 Å². The van der Waals surface area contributed by atoms with Crippen molar-refractivity contribution >= 4 is 5.82 Å². The molecule has 19 heavy (non-hydrogen) atoms. The van der Waals surface area contributed by atoms with E-state index in [4.69, 9.17) is 4.74 Å². The summed E-state index contributed by atoms with van der Waals surface area (Å²) < 4.78 is 18.1. The van der Waals surface area contributed by atoms with Crippen molar-refractivity contribution in [2.75, 3.05) is 18.5 Å². The van der Waals surface area contributed by atoms with Gasteiger partial charge in [0.15, 0.2) is 0 Å². The SMILES string of the molecule is CCOc1cccc(NCCc2ccc(F)cc2)n1. The molecule has 0 saturated heterocycles. The molecule has 0 amide bonds. The van der Waals surface area contributed by atoms with Crippen molar-refractivity contribution in [3.05, 3.63) is 53.8 Å². The predicted molar refractivity (Wildman–Crippen MR) is 74.0 cm³/mol. The summed E-state index contributed by atoms with van der Waals surface area (Å²) in [6, 6.07) is 12.2. The average molecular weight is 260 g/mol. The van der Waals surface area contributed by atoms with Crippen LogP contribution in [0.15, 0.2) is 42.5 Å². The first-order valence-electron chi connectivity index (χ1n) is 6.36. The first-order valence-corrected chi connectivity index (χ1v) is 6.36. The van der Waals surface area contributed by atoms with E-state index < -0.39 is 0 Å². The Morgan fingerprint density at radius 3 is 2.68 bits per heavy atom. The molecular formula is C15H17FN2O. The largest absolute Gasteiger partial charge is 0.478 e. The normalized spacial score (nSPS) is 10.2. The molecule has 1 aromatic carbocycles. The van der Waals surface area contributed by atoms with Crippen LogP contribution in [-0.2, 0) is 6.42 Å². The number of pyridine rings is 1. The van der Waals surface area contributed by atoms with Crippen molar-refractivity contribution < 1.29 is 9.13 Å². The average Bonchev–Trinajstić information content (AvgIpc) is 2.42. The van der Waals surface area contributed by atoms with E-state index in [9.17, 15) is 4.39 Å². The van der Waals surface area contributed by atoms with Crippen LogP contribution in [-0.4, -0.2) is 18.1 Å². The third-order valence-electron chi connectivity index (χ3n) is 2.65. The lowest BCUT2D eigenvalue weighted by Gasteiger charge is -2.07. The Balaban J connectivity index is 1.85. The van der Waals surface area contributed by atoms with Gasteiger partial charge >= 0.3 is 0 Å². The summed E-state index contributed by atoms with van der Waals surface area (Å²) in [6.07, 6.45) is 0.820. The van der Waals surface area contributed by atoms with Crippen LogP contribution < -0.4 is 10.1 Å². The fraction of sp³-hybridized carbons (Fsp3) is 0.267. The van der Waals surface area contributed by atoms with Gasteiger partial charge in [0.2, 0.25) is 5.88 Å². The van der Waals surface area contributed by atoms with Crippen LogP contribution in [0.1, 0.15) is 12.5 Å². The monoisotopic (exact) mass is 260 g/mol. The summed E-state index contributed by atoms with van der Waals surface area (Å²) in [5.41, 5.74) is 1.09. The van der Waals surface area contributed by atoms with Crippen molar-refractivity contribution in [1.29, 1.82) is 0 Å². The Bertz CT molecular complexity index is 514. The van der Waals surface area contributed by atoms with Crippen molar-refractivity contribution in [2.45, 2.75) is 13.3 Å². The maximum absolute atomic E-state index is 12.8. The number of benzene rings is 1. The number of ether oxygens (including phenoxy) is 1. The first kappa shape index (κ1) is 13.3.